The van der Waals surface area contributed by atoms with Crippen LogP contribution in [0, 0.1) is 0 Å². The summed E-state index contributed by atoms with van der Waals surface area (Å²) in [4.78, 5) is 0.881. The number of hydrogen-bond acceptors (Lipinski definition) is 4. The minimum atomic E-state index is -1.06. The summed E-state index contributed by atoms with van der Waals surface area (Å²) in [6.07, 6.45) is 0. The first kappa shape index (κ1) is 12.9. The van der Waals surface area contributed by atoms with Gasteiger partial charge >= 0.3 is 0 Å². The normalized spacial score (nSPS) is 14.0. The van der Waals surface area contributed by atoms with Crippen molar-refractivity contribution in [1.82, 2.24) is 0 Å². The molecule has 3 nitrogen and oxygen atoms in total. The van der Waals surface area contributed by atoms with Gasteiger partial charge in [-0.2, -0.15) is 0 Å². The quantitative estimate of drug-likeness (QED) is 0.922. The van der Waals surface area contributed by atoms with Crippen molar-refractivity contribution < 1.29 is 14.6 Å². The number of ether oxygens (including phenoxy) is 2. The maximum Gasteiger partial charge on any atom is 0.129 e. The molecular weight excluding hydrogens is 248 g/mol. The van der Waals surface area contributed by atoms with Crippen LogP contribution in [-0.2, 0) is 5.60 Å². The van der Waals surface area contributed by atoms with Gasteiger partial charge < -0.3 is 14.6 Å². The zero-order valence-electron chi connectivity index (χ0n) is 10.6. The highest BCUT2D eigenvalue weighted by Gasteiger charge is 2.30. The molecular formula is C14H16O3S. The SMILES string of the molecule is COc1ccc(C(C)(O)c2cccs2)c(OC)c1. The van der Waals surface area contributed by atoms with Crippen molar-refractivity contribution >= 4 is 11.3 Å². The van der Waals surface area contributed by atoms with Crippen molar-refractivity contribution in [2.45, 2.75) is 12.5 Å². The molecule has 1 N–H and O–H groups in total. The van der Waals surface area contributed by atoms with E-state index in [1.807, 2.05) is 29.6 Å². The molecule has 2 aromatic rings. The number of benzene rings is 1. The third-order valence-electron chi connectivity index (χ3n) is 2.93. The van der Waals surface area contributed by atoms with Gasteiger partial charge in [0.15, 0.2) is 0 Å². The molecule has 1 atom stereocenters. The average Bonchev–Trinajstić information content (AvgIpc) is 2.92. The van der Waals surface area contributed by atoms with E-state index in [4.69, 9.17) is 9.47 Å². The summed E-state index contributed by atoms with van der Waals surface area (Å²) in [5.41, 5.74) is -0.334. The molecule has 0 aliphatic heterocycles. The van der Waals surface area contributed by atoms with E-state index in [2.05, 4.69) is 0 Å². The van der Waals surface area contributed by atoms with Crippen LogP contribution in [0.25, 0.3) is 0 Å². The van der Waals surface area contributed by atoms with Crippen LogP contribution >= 0.6 is 11.3 Å². The van der Waals surface area contributed by atoms with Gasteiger partial charge in [-0.05, 0) is 30.5 Å². The molecule has 1 aromatic carbocycles. The van der Waals surface area contributed by atoms with E-state index >= 15 is 0 Å². The van der Waals surface area contributed by atoms with Gasteiger partial charge in [-0.25, -0.2) is 0 Å². The van der Waals surface area contributed by atoms with Gasteiger partial charge in [-0.3, -0.25) is 0 Å². The molecule has 0 saturated carbocycles. The molecule has 0 radical (unpaired) electrons. The molecule has 0 spiro atoms. The molecule has 1 heterocycles. The van der Waals surface area contributed by atoms with Crippen LogP contribution in [0.2, 0.25) is 0 Å². The van der Waals surface area contributed by atoms with Crippen LogP contribution in [0.4, 0.5) is 0 Å². The number of thiophene rings is 1. The van der Waals surface area contributed by atoms with Crippen LogP contribution < -0.4 is 9.47 Å². The van der Waals surface area contributed by atoms with Crippen molar-refractivity contribution in [3.8, 4) is 11.5 Å². The van der Waals surface area contributed by atoms with Crippen LogP contribution in [0.3, 0.4) is 0 Å². The summed E-state index contributed by atoms with van der Waals surface area (Å²) in [6.45, 7) is 1.77. The molecule has 0 bridgehead atoms. The Kier molecular flexibility index (Phi) is 3.59. The maximum absolute atomic E-state index is 10.7. The molecule has 1 aromatic heterocycles. The van der Waals surface area contributed by atoms with Gasteiger partial charge in [0, 0.05) is 16.5 Å². The van der Waals surface area contributed by atoms with Crippen LogP contribution in [-0.4, -0.2) is 19.3 Å². The smallest absolute Gasteiger partial charge is 0.129 e. The molecule has 18 heavy (non-hydrogen) atoms. The Morgan fingerprint density at radius 1 is 1.17 bits per heavy atom. The Bertz CT molecular complexity index is 518. The van der Waals surface area contributed by atoms with Gasteiger partial charge in [0.1, 0.15) is 17.1 Å². The van der Waals surface area contributed by atoms with E-state index < -0.39 is 5.60 Å². The standard InChI is InChI=1S/C14H16O3S/c1-14(15,13-5-4-8-18-13)11-7-6-10(16-2)9-12(11)17-3/h4-9,15H,1-3H3. The third kappa shape index (κ3) is 2.21. The first-order valence-electron chi connectivity index (χ1n) is 5.58. The Morgan fingerprint density at radius 2 is 1.94 bits per heavy atom. The Balaban J connectivity index is 2.50. The van der Waals surface area contributed by atoms with Crippen LogP contribution in [0.15, 0.2) is 35.7 Å². The van der Waals surface area contributed by atoms with Crippen LogP contribution in [0.5, 0.6) is 11.5 Å². The lowest BCUT2D eigenvalue weighted by Gasteiger charge is -2.25. The van der Waals surface area contributed by atoms with Crippen molar-refractivity contribution in [3.63, 3.8) is 0 Å². The third-order valence-corrected chi connectivity index (χ3v) is 4.01. The molecule has 96 valence electrons. The molecule has 4 heteroatoms. The van der Waals surface area contributed by atoms with Crippen molar-refractivity contribution in [1.29, 1.82) is 0 Å². The fourth-order valence-corrected chi connectivity index (χ4v) is 2.69. The predicted molar refractivity (Wildman–Crippen MR) is 72.5 cm³/mol. The van der Waals surface area contributed by atoms with Gasteiger partial charge in [0.25, 0.3) is 0 Å². The van der Waals surface area contributed by atoms with Gasteiger partial charge in [-0.1, -0.05) is 6.07 Å². The fourth-order valence-electron chi connectivity index (χ4n) is 1.89. The molecule has 1 unspecified atom stereocenters. The fraction of sp³-hybridized carbons (Fsp3) is 0.286. The second-order valence-electron chi connectivity index (χ2n) is 4.12. The summed E-state index contributed by atoms with van der Waals surface area (Å²) >= 11 is 1.52. The lowest BCUT2D eigenvalue weighted by Crippen LogP contribution is -2.22. The van der Waals surface area contributed by atoms with E-state index in [1.165, 1.54) is 11.3 Å². The summed E-state index contributed by atoms with van der Waals surface area (Å²) < 4.78 is 10.5. The highest BCUT2D eigenvalue weighted by Crippen LogP contribution is 2.38. The van der Waals surface area contributed by atoms with Crippen molar-refractivity contribution in [2.24, 2.45) is 0 Å². The van der Waals surface area contributed by atoms with Crippen molar-refractivity contribution in [3.05, 3.63) is 46.2 Å². The maximum atomic E-state index is 10.7. The minimum Gasteiger partial charge on any atom is -0.497 e. The Hall–Kier alpha value is -1.52. The highest BCUT2D eigenvalue weighted by atomic mass is 32.1. The second kappa shape index (κ2) is 5.00. The number of rotatable bonds is 4. The number of hydrogen-bond donors (Lipinski definition) is 1. The predicted octanol–water partition coefficient (Wildman–Crippen LogP) is 3.02. The van der Waals surface area contributed by atoms with E-state index in [1.54, 1.807) is 27.2 Å². The van der Waals surface area contributed by atoms with Gasteiger partial charge in [0.05, 0.1) is 14.2 Å². The molecule has 0 amide bonds. The Morgan fingerprint density at radius 3 is 2.50 bits per heavy atom. The second-order valence-corrected chi connectivity index (χ2v) is 5.06. The molecule has 2 rings (SSSR count). The van der Waals surface area contributed by atoms with Gasteiger partial charge in [-0.15, -0.1) is 11.3 Å². The first-order chi connectivity index (χ1) is 8.59. The monoisotopic (exact) mass is 264 g/mol. The molecule has 0 saturated heterocycles. The molecule has 0 aliphatic carbocycles. The van der Waals surface area contributed by atoms with Crippen LogP contribution in [0.1, 0.15) is 17.4 Å². The summed E-state index contributed by atoms with van der Waals surface area (Å²) in [5, 5.41) is 12.7. The lowest BCUT2D eigenvalue weighted by atomic mass is 9.93. The van der Waals surface area contributed by atoms with E-state index in [-0.39, 0.29) is 0 Å². The topological polar surface area (TPSA) is 38.7 Å². The van der Waals surface area contributed by atoms with E-state index in [0.717, 1.165) is 10.4 Å². The van der Waals surface area contributed by atoms with Gasteiger partial charge in [0.2, 0.25) is 0 Å². The highest BCUT2D eigenvalue weighted by molar-refractivity contribution is 7.10. The van der Waals surface area contributed by atoms with E-state index in [9.17, 15) is 5.11 Å². The summed E-state index contributed by atoms with van der Waals surface area (Å²) in [5.74, 6) is 1.32. The van der Waals surface area contributed by atoms with E-state index in [0.29, 0.717) is 11.5 Å². The molecule has 0 aliphatic rings. The first-order valence-corrected chi connectivity index (χ1v) is 6.46. The zero-order valence-corrected chi connectivity index (χ0v) is 11.5. The minimum absolute atomic E-state index is 0.618. The zero-order chi connectivity index (χ0) is 13.2. The number of aliphatic hydroxyl groups is 1. The summed E-state index contributed by atoms with van der Waals surface area (Å²) in [7, 11) is 3.19. The number of methoxy groups -OCH3 is 2. The summed E-state index contributed by atoms with van der Waals surface area (Å²) in [6, 6.07) is 9.26. The Labute approximate surface area is 111 Å². The van der Waals surface area contributed by atoms with Crippen molar-refractivity contribution in [2.75, 3.05) is 14.2 Å². The lowest BCUT2D eigenvalue weighted by molar-refractivity contribution is 0.103. The molecule has 0 fully saturated rings. The largest absolute Gasteiger partial charge is 0.497 e. The average molecular weight is 264 g/mol.